The Bertz CT molecular complexity index is 316. The Morgan fingerprint density at radius 1 is 0.773 bits per heavy atom. The molecule has 0 rings (SSSR count). The van der Waals surface area contributed by atoms with Gasteiger partial charge in [-0.25, -0.2) is 0 Å². The fourth-order valence-corrected chi connectivity index (χ4v) is 4.49. The van der Waals surface area contributed by atoms with Gasteiger partial charge < -0.3 is 5.11 Å². The Morgan fingerprint density at radius 2 is 1.00 bits per heavy atom. The van der Waals surface area contributed by atoms with Crippen LogP contribution in [0.15, 0.2) is 0 Å². The first-order valence-electron chi connectivity index (χ1n) is 7.73. The van der Waals surface area contributed by atoms with E-state index in [0.29, 0.717) is 15.8 Å². The lowest BCUT2D eigenvalue weighted by Crippen LogP contribution is -2.13. The smallest absolute Gasteiger partial charge is 0.321 e. The fraction of sp³-hybridized carbons (Fsp3) is 0.929. The summed E-state index contributed by atoms with van der Waals surface area (Å²) in [5, 5.41) is 7.71. The largest absolute Gasteiger partial charge is 0.480 e. The molecule has 8 heteroatoms. The molecule has 0 aromatic heterocycles. The van der Waals surface area contributed by atoms with Gasteiger partial charge in [-0.1, -0.05) is 41.5 Å². The molecule has 0 heterocycles. The van der Waals surface area contributed by atoms with Gasteiger partial charge in [0.1, 0.15) is 0 Å². The summed E-state index contributed by atoms with van der Waals surface area (Å²) in [6.45, 7) is 13.7. The summed E-state index contributed by atoms with van der Waals surface area (Å²) < 4.78 is 27.0. The van der Waals surface area contributed by atoms with E-state index in [1.54, 1.807) is 0 Å². The first-order chi connectivity index (χ1) is 10.1. The molecular formula is C14H34O5P2S. The lowest BCUT2D eigenvalue weighted by Gasteiger charge is -2.07. The first-order valence-corrected chi connectivity index (χ1v) is 13.1. The normalized spacial score (nSPS) is 10.6. The fourth-order valence-electron chi connectivity index (χ4n) is 1.50. The number of carbonyl (C=O) groups is 1. The lowest BCUT2D eigenvalue weighted by atomic mass is 10.8. The van der Waals surface area contributed by atoms with E-state index < -0.39 is 21.8 Å². The number of aliphatic carboxylic acids is 1. The monoisotopic (exact) mass is 376 g/mol. The van der Waals surface area contributed by atoms with Gasteiger partial charge in [-0.05, 0) is 37.0 Å². The molecule has 0 aromatic rings. The van der Waals surface area contributed by atoms with Crippen LogP contribution in [0.2, 0.25) is 0 Å². The highest BCUT2D eigenvalue weighted by Crippen LogP contribution is 2.32. The highest BCUT2D eigenvalue weighted by atomic mass is 32.2. The predicted molar refractivity (Wildman–Crippen MR) is 101 cm³/mol. The number of hydrogen-bond donors (Lipinski definition) is 2. The number of carboxylic acids is 1. The molecule has 0 aliphatic heterocycles. The van der Waals surface area contributed by atoms with Crippen molar-refractivity contribution >= 4 is 31.9 Å². The topological polar surface area (TPSA) is 91.7 Å². The predicted octanol–water partition coefficient (Wildman–Crippen LogP) is 4.01. The molecule has 0 saturated carbocycles. The van der Waals surface area contributed by atoms with Gasteiger partial charge in [0.15, 0.2) is 5.75 Å². The molecule has 0 amide bonds. The van der Waals surface area contributed by atoms with Crippen molar-refractivity contribution in [1.29, 1.82) is 0 Å². The Labute approximate surface area is 139 Å². The van der Waals surface area contributed by atoms with Crippen molar-refractivity contribution in [2.75, 3.05) is 42.7 Å². The second-order valence-corrected chi connectivity index (χ2v) is 12.3. The third-order valence-corrected chi connectivity index (χ3v) is 8.97. The van der Waals surface area contributed by atoms with E-state index in [1.807, 2.05) is 0 Å². The summed E-state index contributed by atoms with van der Waals surface area (Å²) in [6.07, 6.45) is 8.51. The van der Waals surface area contributed by atoms with Gasteiger partial charge >= 0.3 is 5.97 Å². The maximum atomic E-state index is 9.62. The lowest BCUT2D eigenvalue weighted by molar-refractivity contribution is -0.134. The van der Waals surface area contributed by atoms with Crippen LogP contribution in [0.1, 0.15) is 41.5 Å². The highest BCUT2D eigenvalue weighted by molar-refractivity contribution is 7.86. The zero-order valence-corrected chi connectivity index (χ0v) is 17.5. The number of carboxylic acid groups (broad SMARTS) is 1. The number of rotatable bonds is 8. The average Bonchev–Trinajstić information content (AvgIpc) is 2.41. The third kappa shape index (κ3) is 25.2. The summed E-state index contributed by atoms with van der Waals surface area (Å²) >= 11 is 0. The van der Waals surface area contributed by atoms with Gasteiger partial charge in [0.2, 0.25) is 0 Å². The molecule has 0 aliphatic rings. The van der Waals surface area contributed by atoms with Crippen LogP contribution in [0, 0.1) is 0 Å². The average molecular weight is 376 g/mol. The van der Waals surface area contributed by atoms with Crippen molar-refractivity contribution in [2.24, 2.45) is 0 Å². The van der Waals surface area contributed by atoms with Crippen molar-refractivity contribution in [1.82, 2.24) is 0 Å². The maximum Gasteiger partial charge on any atom is 0.321 e. The molecule has 2 N–H and O–H groups in total. The van der Waals surface area contributed by atoms with Crippen LogP contribution >= 0.6 is 15.8 Å². The van der Waals surface area contributed by atoms with Crippen LogP contribution in [-0.2, 0) is 14.9 Å². The zero-order valence-electron chi connectivity index (χ0n) is 14.9. The molecule has 22 heavy (non-hydrogen) atoms. The standard InChI is InChI=1S/2C6H15P.C2H4O5S/c2*1-4-7(5-2)6-3;3-2(4)1-8(5,6)7/h2*4-6H2,1-3H3;1H2,(H,3,4)(H,5,6,7). The van der Waals surface area contributed by atoms with Gasteiger partial charge in [0.25, 0.3) is 10.1 Å². The molecule has 5 nitrogen and oxygen atoms in total. The quantitative estimate of drug-likeness (QED) is 0.493. The van der Waals surface area contributed by atoms with E-state index in [1.165, 1.54) is 37.0 Å². The van der Waals surface area contributed by atoms with E-state index in [2.05, 4.69) is 41.5 Å². The maximum absolute atomic E-state index is 9.62. The van der Waals surface area contributed by atoms with Crippen LogP contribution in [0.5, 0.6) is 0 Å². The van der Waals surface area contributed by atoms with Crippen molar-refractivity contribution in [3.8, 4) is 0 Å². The Kier molecular flexibility index (Phi) is 21.7. The second-order valence-electron chi connectivity index (χ2n) is 4.36. The van der Waals surface area contributed by atoms with E-state index >= 15 is 0 Å². The third-order valence-electron chi connectivity index (χ3n) is 2.99. The van der Waals surface area contributed by atoms with Crippen molar-refractivity contribution in [2.45, 2.75) is 41.5 Å². The van der Waals surface area contributed by atoms with E-state index in [9.17, 15) is 13.2 Å². The van der Waals surface area contributed by atoms with Crippen LogP contribution in [-0.4, -0.2) is 66.8 Å². The highest BCUT2D eigenvalue weighted by Gasteiger charge is 2.09. The molecule has 0 saturated heterocycles. The summed E-state index contributed by atoms with van der Waals surface area (Å²) in [5.41, 5.74) is 0. The number of hydrogen-bond acceptors (Lipinski definition) is 3. The molecule has 0 radical (unpaired) electrons. The molecule has 0 aliphatic carbocycles. The minimum Gasteiger partial charge on any atom is -0.480 e. The summed E-state index contributed by atoms with van der Waals surface area (Å²) in [5.74, 6) is -2.79. The van der Waals surface area contributed by atoms with E-state index in [4.69, 9.17) is 9.66 Å². The molecule has 136 valence electrons. The zero-order chi connectivity index (χ0) is 18.2. The SMILES string of the molecule is CCP(CC)CC.CCP(CC)CC.O=C(O)CS(=O)(=O)O. The molecule has 0 unspecified atom stereocenters. The van der Waals surface area contributed by atoms with Crippen LogP contribution in [0.3, 0.4) is 0 Å². The molecular weight excluding hydrogens is 342 g/mol. The second kappa shape index (κ2) is 17.6. The van der Waals surface area contributed by atoms with E-state index in [-0.39, 0.29) is 0 Å². The summed E-state index contributed by atoms with van der Waals surface area (Å²) in [6, 6.07) is 0. The molecule has 0 spiro atoms. The first kappa shape index (κ1) is 27.1. The summed E-state index contributed by atoms with van der Waals surface area (Å²) in [7, 11) is -3.43. The molecule has 0 bridgehead atoms. The Hall–Kier alpha value is 0.240. The Balaban J connectivity index is -0.000000247. The minimum absolute atomic E-state index is 0.446. The Morgan fingerprint density at radius 3 is 1.00 bits per heavy atom. The van der Waals surface area contributed by atoms with Gasteiger partial charge in [-0.15, -0.1) is 15.8 Å². The summed E-state index contributed by atoms with van der Waals surface area (Å²) in [4.78, 5) is 9.48. The minimum atomic E-state index is -4.32. The van der Waals surface area contributed by atoms with E-state index in [0.717, 1.165) is 0 Å². The van der Waals surface area contributed by atoms with Crippen LogP contribution < -0.4 is 0 Å². The molecule has 0 fully saturated rings. The van der Waals surface area contributed by atoms with Gasteiger partial charge in [0, 0.05) is 0 Å². The van der Waals surface area contributed by atoms with Crippen LogP contribution in [0.25, 0.3) is 0 Å². The molecule has 0 aromatic carbocycles. The van der Waals surface area contributed by atoms with Crippen molar-refractivity contribution in [3.63, 3.8) is 0 Å². The van der Waals surface area contributed by atoms with Gasteiger partial charge in [0.05, 0.1) is 0 Å². The van der Waals surface area contributed by atoms with Crippen molar-refractivity contribution in [3.05, 3.63) is 0 Å². The van der Waals surface area contributed by atoms with Gasteiger partial charge in [-0.3, -0.25) is 9.35 Å². The van der Waals surface area contributed by atoms with Gasteiger partial charge in [-0.2, -0.15) is 8.42 Å². The van der Waals surface area contributed by atoms with Crippen molar-refractivity contribution < 1.29 is 22.9 Å². The molecule has 0 atom stereocenters. The van der Waals surface area contributed by atoms with Crippen LogP contribution in [0.4, 0.5) is 0 Å².